The molecule has 0 unspecified atom stereocenters. The van der Waals surface area contributed by atoms with Crippen LogP contribution < -0.4 is 5.32 Å². The van der Waals surface area contributed by atoms with Crippen molar-refractivity contribution in [3.63, 3.8) is 0 Å². The molecule has 0 aliphatic carbocycles. The molecule has 1 saturated heterocycles. The van der Waals surface area contributed by atoms with Crippen molar-refractivity contribution in [2.45, 2.75) is 24.9 Å². The Bertz CT molecular complexity index is 394. The summed E-state index contributed by atoms with van der Waals surface area (Å²) in [5, 5.41) is 3.07. The largest absolute Gasteiger partial charge is 0.419 e. The van der Waals surface area contributed by atoms with E-state index in [4.69, 9.17) is 0 Å². The lowest BCUT2D eigenvalue weighted by atomic mass is 9.90. The minimum absolute atomic E-state index is 0.161. The molecule has 5 heteroatoms. The minimum Gasteiger partial charge on any atom is -0.316 e. The number of piperidine rings is 1. The Kier molecular flexibility index (Phi) is 3.38. The summed E-state index contributed by atoms with van der Waals surface area (Å²) in [6, 6.07) is 3.51. The summed E-state index contributed by atoms with van der Waals surface area (Å²) in [6.07, 6.45) is -3.03. The summed E-state index contributed by atoms with van der Waals surface area (Å²) in [4.78, 5) is 0. The van der Waals surface area contributed by atoms with Crippen LogP contribution >= 0.6 is 0 Å². The van der Waals surface area contributed by atoms with Gasteiger partial charge in [0.25, 0.3) is 0 Å². The SMILES string of the molecule is Fc1c([C@H]2CCCNC2)cccc1C(F)(F)F. The maximum absolute atomic E-state index is 13.8. The molecule has 0 saturated carbocycles. The summed E-state index contributed by atoms with van der Waals surface area (Å²) in [5.41, 5.74) is -0.993. The molecule has 1 aliphatic rings. The fourth-order valence-electron chi connectivity index (χ4n) is 2.20. The van der Waals surface area contributed by atoms with Gasteiger partial charge < -0.3 is 5.32 Å². The second-order valence-electron chi connectivity index (χ2n) is 4.25. The standard InChI is InChI=1S/C12H13F4N/c13-11-9(8-3-2-6-17-7-8)4-1-5-10(11)12(14,15)16/h1,4-5,8,17H,2-3,6-7H2/t8-/m0/s1. The Morgan fingerprint density at radius 2 is 2.00 bits per heavy atom. The molecule has 1 atom stereocenters. The van der Waals surface area contributed by atoms with Crippen molar-refractivity contribution in [3.05, 3.63) is 35.1 Å². The molecular formula is C12H13F4N. The zero-order chi connectivity index (χ0) is 12.5. The highest BCUT2D eigenvalue weighted by Crippen LogP contribution is 2.35. The van der Waals surface area contributed by atoms with Gasteiger partial charge in [-0.05, 0) is 36.9 Å². The summed E-state index contributed by atoms with van der Waals surface area (Å²) in [5.74, 6) is -1.28. The number of hydrogen-bond donors (Lipinski definition) is 1. The van der Waals surface area contributed by atoms with E-state index in [9.17, 15) is 17.6 Å². The van der Waals surface area contributed by atoms with Crippen LogP contribution in [-0.2, 0) is 6.18 Å². The average molecular weight is 247 g/mol. The van der Waals surface area contributed by atoms with Crippen LogP contribution in [-0.4, -0.2) is 13.1 Å². The molecule has 2 rings (SSSR count). The number of benzene rings is 1. The highest BCUT2D eigenvalue weighted by molar-refractivity contribution is 5.31. The van der Waals surface area contributed by atoms with Crippen LogP contribution in [0.3, 0.4) is 0 Å². The molecule has 1 aromatic carbocycles. The quantitative estimate of drug-likeness (QED) is 0.751. The van der Waals surface area contributed by atoms with E-state index in [-0.39, 0.29) is 11.5 Å². The number of hydrogen-bond acceptors (Lipinski definition) is 1. The van der Waals surface area contributed by atoms with Gasteiger partial charge in [-0.3, -0.25) is 0 Å². The lowest BCUT2D eigenvalue weighted by Crippen LogP contribution is -2.29. The lowest BCUT2D eigenvalue weighted by molar-refractivity contribution is -0.140. The normalized spacial score (nSPS) is 21.5. The topological polar surface area (TPSA) is 12.0 Å². The summed E-state index contributed by atoms with van der Waals surface area (Å²) in [6.45, 7) is 1.38. The third-order valence-corrected chi connectivity index (χ3v) is 3.07. The van der Waals surface area contributed by atoms with Crippen molar-refractivity contribution in [1.82, 2.24) is 5.32 Å². The van der Waals surface area contributed by atoms with E-state index < -0.39 is 17.6 Å². The fraction of sp³-hybridized carbons (Fsp3) is 0.500. The Labute approximate surface area is 96.8 Å². The van der Waals surface area contributed by atoms with Gasteiger partial charge in [0.2, 0.25) is 0 Å². The third kappa shape index (κ3) is 2.60. The molecule has 17 heavy (non-hydrogen) atoms. The van der Waals surface area contributed by atoms with Crippen molar-refractivity contribution >= 4 is 0 Å². The Hall–Kier alpha value is -1.10. The zero-order valence-electron chi connectivity index (χ0n) is 9.15. The van der Waals surface area contributed by atoms with Gasteiger partial charge in [-0.1, -0.05) is 12.1 Å². The average Bonchev–Trinajstić information content (AvgIpc) is 2.29. The molecule has 0 aromatic heterocycles. The Morgan fingerprint density at radius 3 is 2.59 bits per heavy atom. The van der Waals surface area contributed by atoms with Gasteiger partial charge >= 0.3 is 6.18 Å². The number of halogens is 4. The summed E-state index contributed by atoms with van der Waals surface area (Å²) in [7, 11) is 0. The molecule has 1 aromatic rings. The van der Waals surface area contributed by atoms with Gasteiger partial charge in [-0.15, -0.1) is 0 Å². The first-order chi connectivity index (χ1) is 8.00. The van der Waals surface area contributed by atoms with Crippen LogP contribution in [0.15, 0.2) is 18.2 Å². The fourth-order valence-corrected chi connectivity index (χ4v) is 2.20. The van der Waals surface area contributed by atoms with Crippen molar-refractivity contribution in [3.8, 4) is 0 Å². The van der Waals surface area contributed by atoms with Gasteiger partial charge in [0, 0.05) is 6.54 Å². The molecule has 1 fully saturated rings. The molecule has 0 bridgehead atoms. The Morgan fingerprint density at radius 1 is 1.24 bits per heavy atom. The van der Waals surface area contributed by atoms with Crippen LogP contribution in [0.5, 0.6) is 0 Å². The van der Waals surface area contributed by atoms with E-state index in [1.54, 1.807) is 0 Å². The zero-order valence-corrected chi connectivity index (χ0v) is 9.15. The van der Waals surface area contributed by atoms with Crippen LogP contribution in [0.25, 0.3) is 0 Å². The molecule has 1 heterocycles. The predicted octanol–water partition coefficient (Wildman–Crippen LogP) is 3.31. The van der Waals surface area contributed by atoms with Crippen LogP contribution in [0.1, 0.15) is 29.9 Å². The third-order valence-electron chi connectivity index (χ3n) is 3.07. The molecule has 0 spiro atoms. The summed E-state index contributed by atoms with van der Waals surface area (Å²) < 4.78 is 51.4. The van der Waals surface area contributed by atoms with Crippen molar-refractivity contribution in [1.29, 1.82) is 0 Å². The minimum atomic E-state index is -4.62. The molecule has 0 radical (unpaired) electrons. The van der Waals surface area contributed by atoms with Crippen molar-refractivity contribution in [2.75, 3.05) is 13.1 Å². The Balaban J connectivity index is 2.35. The van der Waals surface area contributed by atoms with E-state index >= 15 is 0 Å². The molecule has 0 amide bonds. The van der Waals surface area contributed by atoms with E-state index in [2.05, 4.69) is 5.32 Å². The van der Waals surface area contributed by atoms with Gasteiger partial charge in [-0.25, -0.2) is 4.39 Å². The van der Waals surface area contributed by atoms with E-state index in [1.165, 1.54) is 12.1 Å². The number of rotatable bonds is 1. The van der Waals surface area contributed by atoms with Crippen molar-refractivity contribution < 1.29 is 17.6 Å². The van der Waals surface area contributed by atoms with Crippen LogP contribution in [0, 0.1) is 5.82 Å². The second kappa shape index (κ2) is 4.64. The van der Waals surface area contributed by atoms with E-state index in [1.807, 2.05) is 0 Å². The molecule has 1 aliphatic heterocycles. The smallest absolute Gasteiger partial charge is 0.316 e. The molecular weight excluding hydrogens is 234 g/mol. The van der Waals surface area contributed by atoms with Gasteiger partial charge in [-0.2, -0.15) is 13.2 Å². The maximum atomic E-state index is 13.8. The first kappa shape index (κ1) is 12.4. The molecule has 1 N–H and O–H groups in total. The maximum Gasteiger partial charge on any atom is 0.419 e. The molecule has 1 nitrogen and oxygen atoms in total. The first-order valence-corrected chi connectivity index (χ1v) is 5.56. The lowest BCUT2D eigenvalue weighted by Gasteiger charge is -2.24. The van der Waals surface area contributed by atoms with Gasteiger partial charge in [0.15, 0.2) is 0 Å². The number of nitrogens with one attached hydrogen (secondary N) is 1. The van der Waals surface area contributed by atoms with Crippen LogP contribution in [0.4, 0.5) is 17.6 Å². The summed E-state index contributed by atoms with van der Waals surface area (Å²) >= 11 is 0. The van der Waals surface area contributed by atoms with E-state index in [0.29, 0.717) is 6.54 Å². The predicted molar refractivity (Wildman–Crippen MR) is 56.2 cm³/mol. The van der Waals surface area contributed by atoms with Gasteiger partial charge in [0.05, 0.1) is 5.56 Å². The van der Waals surface area contributed by atoms with Gasteiger partial charge in [0.1, 0.15) is 5.82 Å². The van der Waals surface area contributed by atoms with E-state index in [0.717, 1.165) is 25.5 Å². The monoisotopic (exact) mass is 247 g/mol. The highest BCUT2D eigenvalue weighted by Gasteiger charge is 2.35. The van der Waals surface area contributed by atoms with Crippen molar-refractivity contribution in [2.24, 2.45) is 0 Å². The molecule has 94 valence electrons. The highest BCUT2D eigenvalue weighted by atomic mass is 19.4. The second-order valence-corrected chi connectivity index (χ2v) is 4.25. The van der Waals surface area contributed by atoms with Crippen LogP contribution in [0.2, 0.25) is 0 Å². The number of alkyl halides is 3. The first-order valence-electron chi connectivity index (χ1n) is 5.56.